The molecule has 2 nitrogen and oxygen atoms in total. The van der Waals surface area contributed by atoms with E-state index in [0.717, 1.165) is 6.42 Å². The van der Waals surface area contributed by atoms with Crippen LogP contribution in [0.2, 0.25) is 0 Å². The van der Waals surface area contributed by atoms with Crippen LogP contribution < -0.4 is 5.73 Å². The smallest absolute Gasteiger partial charge is 0.00429 e. The third-order valence-corrected chi connectivity index (χ3v) is 1.67. The van der Waals surface area contributed by atoms with Gasteiger partial charge in [0.25, 0.3) is 0 Å². The average Bonchev–Trinajstić information content (AvgIpc) is 1.82. The molecule has 0 bridgehead atoms. The van der Waals surface area contributed by atoms with Crippen molar-refractivity contribution in [2.24, 2.45) is 17.6 Å². The van der Waals surface area contributed by atoms with Crippen LogP contribution in [0.1, 0.15) is 20.3 Å². The Hall–Kier alpha value is -0.370. The maximum atomic E-state index is 6.85. The first-order chi connectivity index (χ1) is 4.22. The highest BCUT2D eigenvalue weighted by molar-refractivity contribution is 5.53. The lowest BCUT2D eigenvalue weighted by molar-refractivity contribution is 0.409. The summed E-state index contributed by atoms with van der Waals surface area (Å²) in [6.45, 7) is 4.98. The molecule has 0 fully saturated rings. The van der Waals surface area contributed by atoms with Gasteiger partial charge in [0.05, 0.1) is 0 Å². The summed E-state index contributed by atoms with van der Waals surface area (Å²) in [4.78, 5) is 0. The van der Waals surface area contributed by atoms with Crippen molar-refractivity contribution in [1.82, 2.24) is 0 Å². The van der Waals surface area contributed by atoms with E-state index in [1.165, 1.54) is 6.21 Å². The molecule has 0 spiro atoms. The summed E-state index contributed by atoms with van der Waals surface area (Å²) in [5.74, 6) is 1.11. The first-order valence-electron chi connectivity index (χ1n) is 3.41. The molecule has 0 saturated carbocycles. The van der Waals surface area contributed by atoms with Crippen LogP contribution >= 0.6 is 0 Å². The number of nitrogens with one attached hydrogen (secondary N) is 1. The lowest BCUT2D eigenvalue weighted by atomic mass is 9.93. The summed E-state index contributed by atoms with van der Waals surface area (Å²) in [7, 11) is 0. The predicted molar refractivity (Wildman–Crippen MR) is 40.8 cm³/mol. The Bertz CT molecular complexity index is 79.0. The largest absolute Gasteiger partial charge is 0.330 e. The molecule has 0 aliphatic rings. The molecule has 9 heavy (non-hydrogen) atoms. The molecular weight excluding hydrogens is 112 g/mol. The van der Waals surface area contributed by atoms with Gasteiger partial charge in [-0.15, -0.1) is 0 Å². The average molecular weight is 128 g/mol. The fourth-order valence-electron chi connectivity index (χ4n) is 0.792. The lowest BCUT2D eigenvalue weighted by Gasteiger charge is -2.15. The van der Waals surface area contributed by atoms with Gasteiger partial charge >= 0.3 is 0 Å². The van der Waals surface area contributed by atoms with Gasteiger partial charge in [-0.1, -0.05) is 13.8 Å². The van der Waals surface area contributed by atoms with E-state index in [1.807, 2.05) is 0 Å². The second-order valence-electron chi connectivity index (χ2n) is 2.68. The van der Waals surface area contributed by atoms with Gasteiger partial charge in [-0.3, -0.25) is 0 Å². The van der Waals surface area contributed by atoms with E-state index in [1.54, 1.807) is 0 Å². The zero-order chi connectivity index (χ0) is 7.28. The van der Waals surface area contributed by atoms with Crippen LogP contribution in [-0.2, 0) is 0 Å². The molecule has 1 atom stereocenters. The van der Waals surface area contributed by atoms with Crippen LogP contribution in [0.4, 0.5) is 0 Å². The maximum Gasteiger partial charge on any atom is -0.00429 e. The van der Waals surface area contributed by atoms with Crippen molar-refractivity contribution in [1.29, 1.82) is 5.41 Å². The van der Waals surface area contributed by atoms with Crippen molar-refractivity contribution in [2.45, 2.75) is 20.3 Å². The number of hydrogen-bond donors (Lipinski definition) is 2. The third kappa shape index (κ3) is 3.25. The van der Waals surface area contributed by atoms with E-state index in [-0.39, 0.29) is 0 Å². The lowest BCUT2D eigenvalue weighted by Crippen LogP contribution is -2.19. The second kappa shape index (κ2) is 4.50. The van der Waals surface area contributed by atoms with Crippen LogP contribution in [0.5, 0.6) is 0 Å². The minimum Gasteiger partial charge on any atom is -0.330 e. The molecule has 1 unspecified atom stereocenters. The van der Waals surface area contributed by atoms with Crippen molar-refractivity contribution >= 4 is 6.21 Å². The molecule has 0 aliphatic carbocycles. The van der Waals surface area contributed by atoms with Crippen LogP contribution in [0.15, 0.2) is 0 Å². The van der Waals surface area contributed by atoms with E-state index >= 15 is 0 Å². The molecule has 0 amide bonds. The fourth-order valence-corrected chi connectivity index (χ4v) is 0.792. The Morgan fingerprint density at radius 2 is 2.11 bits per heavy atom. The minimum atomic E-state index is 0.502. The van der Waals surface area contributed by atoms with Gasteiger partial charge in [0.2, 0.25) is 0 Å². The van der Waals surface area contributed by atoms with E-state index in [4.69, 9.17) is 11.1 Å². The molecule has 0 aromatic heterocycles. The van der Waals surface area contributed by atoms with E-state index in [0.29, 0.717) is 18.4 Å². The minimum absolute atomic E-state index is 0.502. The molecule has 0 rings (SSSR count). The summed E-state index contributed by atoms with van der Waals surface area (Å²) in [5.41, 5.74) is 5.46. The van der Waals surface area contributed by atoms with Crippen molar-refractivity contribution < 1.29 is 0 Å². The molecule has 3 N–H and O–H groups in total. The van der Waals surface area contributed by atoms with Crippen LogP contribution in [0.25, 0.3) is 0 Å². The highest BCUT2D eigenvalue weighted by Crippen LogP contribution is 2.11. The summed E-state index contributed by atoms with van der Waals surface area (Å²) >= 11 is 0. The van der Waals surface area contributed by atoms with Gasteiger partial charge in [0.15, 0.2) is 0 Å². The predicted octanol–water partition coefficient (Wildman–Crippen LogP) is 1.26. The Kier molecular flexibility index (Phi) is 4.32. The van der Waals surface area contributed by atoms with E-state index < -0.39 is 0 Å². The zero-order valence-electron chi connectivity index (χ0n) is 6.22. The first-order valence-corrected chi connectivity index (χ1v) is 3.41. The monoisotopic (exact) mass is 128 g/mol. The molecule has 0 aromatic rings. The Labute approximate surface area is 57.0 Å². The van der Waals surface area contributed by atoms with Crippen molar-refractivity contribution in [3.8, 4) is 0 Å². The van der Waals surface area contributed by atoms with Crippen molar-refractivity contribution in [3.63, 3.8) is 0 Å². The van der Waals surface area contributed by atoms with Crippen molar-refractivity contribution in [3.05, 3.63) is 0 Å². The number of rotatable bonds is 4. The van der Waals surface area contributed by atoms with Crippen LogP contribution in [0, 0.1) is 17.2 Å². The molecule has 0 heterocycles. The molecule has 54 valence electrons. The summed E-state index contributed by atoms with van der Waals surface area (Å²) in [6.07, 6.45) is 2.27. The molecule has 0 aliphatic heterocycles. The summed E-state index contributed by atoms with van der Waals surface area (Å²) < 4.78 is 0. The van der Waals surface area contributed by atoms with Gasteiger partial charge < -0.3 is 11.1 Å². The maximum absolute atomic E-state index is 6.85. The standard InChI is InChI=1S/C7H16N2/c1-6(2)7(5-9)3-4-8/h4,6-8H,3,5,9H2,1-2H3. The molecular formula is C7H16N2. The fraction of sp³-hybridized carbons (Fsp3) is 0.857. The highest BCUT2D eigenvalue weighted by atomic mass is 14.6. The SMILES string of the molecule is CC(C)C(CN)CC=N. The highest BCUT2D eigenvalue weighted by Gasteiger charge is 2.08. The normalized spacial score (nSPS) is 13.8. The summed E-state index contributed by atoms with van der Waals surface area (Å²) in [5, 5.41) is 6.85. The molecule has 0 saturated heterocycles. The molecule has 0 radical (unpaired) electrons. The van der Waals surface area contributed by atoms with Crippen LogP contribution in [-0.4, -0.2) is 12.8 Å². The van der Waals surface area contributed by atoms with Gasteiger partial charge in [-0.2, -0.15) is 0 Å². The third-order valence-electron chi connectivity index (χ3n) is 1.67. The van der Waals surface area contributed by atoms with Gasteiger partial charge in [-0.05, 0) is 31.0 Å². The number of hydrogen-bond acceptors (Lipinski definition) is 2. The molecule has 2 heteroatoms. The Morgan fingerprint density at radius 1 is 1.56 bits per heavy atom. The number of nitrogens with two attached hydrogens (primary N) is 1. The Morgan fingerprint density at radius 3 is 2.22 bits per heavy atom. The summed E-state index contributed by atoms with van der Waals surface area (Å²) in [6, 6.07) is 0. The van der Waals surface area contributed by atoms with E-state index in [2.05, 4.69) is 13.8 Å². The van der Waals surface area contributed by atoms with Gasteiger partial charge in [0, 0.05) is 0 Å². The van der Waals surface area contributed by atoms with Crippen molar-refractivity contribution in [2.75, 3.05) is 6.54 Å². The van der Waals surface area contributed by atoms with Crippen LogP contribution in [0.3, 0.4) is 0 Å². The Balaban J connectivity index is 3.53. The van der Waals surface area contributed by atoms with Gasteiger partial charge in [-0.25, -0.2) is 0 Å². The topological polar surface area (TPSA) is 49.9 Å². The second-order valence-corrected chi connectivity index (χ2v) is 2.68. The van der Waals surface area contributed by atoms with Gasteiger partial charge in [0.1, 0.15) is 0 Å². The zero-order valence-corrected chi connectivity index (χ0v) is 6.22. The molecule has 0 aromatic carbocycles. The van der Waals surface area contributed by atoms with E-state index in [9.17, 15) is 0 Å². The first kappa shape index (κ1) is 8.63. The quantitative estimate of drug-likeness (QED) is 0.550.